The maximum atomic E-state index is 10.4. The summed E-state index contributed by atoms with van der Waals surface area (Å²) in [7, 11) is 1.57. The van der Waals surface area contributed by atoms with Crippen molar-refractivity contribution in [2.24, 2.45) is 0 Å². The van der Waals surface area contributed by atoms with E-state index >= 15 is 0 Å². The third-order valence-electron chi connectivity index (χ3n) is 7.98. The van der Waals surface area contributed by atoms with E-state index in [0.717, 1.165) is 24.2 Å². The number of halogens is 1. The highest BCUT2D eigenvalue weighted by Crippen LogP contribution is 2.46. The van der Waals surface area contributed by atoms with Gasteiger partial charge >= 0.3 is 0 Å². The fourth-order valence-electron chi connectivity index (χ4n) is 6.11. The lowest BCUT2D eigenvalue weighted by Gasteiger charge is -2.42. The van der Waals surface area contributed by atoms with Gasteiger partial charge in [0.2, 0.25) is 0 Å². The normalized spacial score (nSPS) is 30.8. The molecule has 5 rings (SSSR count). The molecule has 0 amide bonds. The monoisotopic (exact) mass is 486 g/mol. The molecule has 1 saturated carbocycles. The first-order chi connectivity index (χ1) is 16.4. The van der Waals surface area contributed by atoms with Crippen LogP contribution < -0.4 is 0 Å². The van der Waals surface area contributed by atoms with Gasteiger partial charge < -0.3 is 24.4 Å². The van der Waals surface area contributed by atoms with E-state index in [1.807, 2.05) is 18.2 Å². The molecule has 5 nitrogen and oxygen atoms in total. The highest BCUT2D eigenvalue weighted by atomic mass is 35.5. The van der Waals surface area contributed by atoms with Crippen LogP contribution in [0.1, 0.15) is 73.1 Å². The number of aliphatic hydroxyl groups is 2. The van der Waals surface area contributed by atoms with Gasteiger partial charge in [-0.1, -0.05) is 54.8 Å². The molecule has 3 aliphatic rings. The van der Waals surface area contributed by atoms with Gasteiger partial charge in [-0.2, -0.15) is 0 Å². The minimum atomic E-state index is -1.10. The maximum absolute atomic E-state index is 10.4. The van der Waals surface area contributed by atoms with Gasteiger partial charge in [0.05, 0.1) is 31.0 Å². The lowest BCUT2D eigenvalue weighted by atomic mass is 9.87. The fraction of sp³-hybridized carbons (Fsp3) is 0.571. The SMILES string of the molecule is COC1(c2ccc(Cl)c(Cc3ccc(C4COC5(CCCC5)C4)cc3)c2)CC(O)CC(CO)O1. The molecule has 1 aliphatic carbocycles. The first-order valence-corrected chi connectivity index (χ1v) is 12.9. The quantitative estimate of drug-likeness (QED) is 0.596. The third kappa shape index (κ3) is 4.79. The predicted molar refractivity (Wildman–Crippen MR) is 131 cm³/mol. The van der Waals surface area contributed by atoms with Crippen molar-refractivity contribution < 1.29 is 24.4 Å². The Balaban J connectivity index is 1.32. The number of rotatable bonds is 6. The van der Waals surface area contributed by atoms with E-state index in [4.69, 9.17) is 25.8 Å². The van der Waals surface area contributed by atoms with Crippen LogP contribution in [0, 0.1) is 0 Å². The summed E-state index contributed by atoms with van der Waals surface area (Å²) in [6.45, 7) is 0.662. The van der Waals surface area contributed by atoms with Gasteiger partial charge in [0.15, 0.2) is 5.79 Å². The van der Waals surface area contributed by atoms with Crippen LogP contribution in [0.3, 0.4) is 0 Å². The Morgan fingerprint density at radius 1 is 1.09 bits per heavy atom. The summed E-state index contributed by atoms with van der Waals surface area (Å²) in [6, 6.07) is 14.6. The van der Waals surface area contributed by atoms with Crippen LogP contribution in [-0.4, -0.2) is 48.3 Å². The van der Waals surface area contributed by atoms with Gasteiger partial charge in [0.25, 0.3) is 0 Å². The summed E-state index contributed by atoms with van der Waals surface area (Å²) in [5, 5.41) is 20.7. The van der Waals surface area contributed by atoms with Crippen molar-refractivity contribution in [3.8, 4) is 0 Å². The number of hydrogen-bond donors (Lipinski definition) is 2. The summed E-state index contributed by atoms with van der Waals surface area (Å²) in [5.74, 6) is -0.623. The molecule has 2 saturated heterocycles. The first-order valence-electron chi connectivity index (χ1n) is 12.5. The van der Waals surface area contributed by atoms with Gasteiger partial charge in [0.1, 0.15) is 0 Å². The molecule has 0 aromatic heterocycles. The van der Waals surface area contributed by atoms with E-state index < -0.39 is 18.0 Å². The molecule has 3 fully saturated rings. The molecule has 2 aromatic rings. The molecular formula is C28H35ClO5. The van der Waals surface area contributed by atoms with Gasteiger partial charge in [0, 0.05) is 36.5 Å². The Bertz CT molecular complexity index is 987. The average Bonchev–Trinajstić information content (AvgIpc) is 3.50. The minimum Gasteiger partial charge on any atom is -0.394 e. The van der Waals surface area contributed by atoms with Crippen LogP contribution in [0.15, 0.2) is 42.5 Å². The van der Waals surface area contributed by atoms with E-state index in [0.29, 0.717) is 30.2 Å². The van der Waals surface area contributed by atoms with Gasteiger partial charge in [-0.05, 0) is 54.5 Å². The highest BCUT2D eigenvalue weighted by molar-refractivity contribution is 6.31. The Morgan fingerprint density at radius 2 is 1.85 bits per heavy atom. The summed E-state index contributed by atoms with van der Waals surface area (Å²) in [6.07, 6.45) is 6.43. The summed E-state index contributed by atoms with van der Waals surface area (Å²) >= 11 is 6.57. The van der Waals surface area contributed by atoms with Crippen molar-refractivity contribution in [2.75, 3.05) is 20.3 Å². The lowest BCUT2D eigenvalue weighted by Crippen LogP contribution is -2.46. The van der Waals surface area contributed by atoms with E-state index in [2.05, 4.69) is 24.3 Å². The molecule has 6 heteroatoms. The molecule has 4 unspecified atom stereocenters. The van der Waals surface area contributed by atoms with E-state index in [1.54, 1.807) is 7.11 Å². The molecule has 0 bridgehead atoms. The summed E-state index contributed by atoms with van der Waals surface area (Å²) in [4.78, 5) is 0. The maximum Gasteiger partial charge on any atom is 0.197 e. The van der Waals surface area contributed by atoms with E-state index in [9.17, 15) is 10.2 Å². The highest BCUT2D eigenvalue weighted by Gasteiger charge is 2.44. The Labute approximate surface area is 207 Å². The second-order valence-corrected chi connectivity index (χ2v) is 10.7. The number of hydrogen-bond acceptors (Lipinski definition) is 5. The molecular weight excluding hydrogens is 452 g/mol. The van der Waals surface area contributed by atoms with E-state index in [1.165, 1.54) is 36.8 Å². The smallest absolute Gasteiger partial charge is 0.197 e. The minimum absolute atomic E-state index is 0.137. The first kappa shape index (κ1) is 24.2. The van der Waals surface area contributed by atoms with Crippen LogP contribution in [-0.2, 0) is 26.4 Å². The average molecular weight is 487 g/mol. The van der Waals surface area contributed by atoms with Crippen molar-refractivity contribution >= 4 is 11.6 Å². The number of ether oxygens (including phenoxy) is 3. The molecule has 1 spiro atoms. The Hall–Kier alpha value is -1.47. The van der Waals surface area contributed by atoms with Crippen LogP contribution in [0.5, 0.6) is 0 Å². The van der Waals surface area contributed by atoms with Gasteiger partial charge in [-0.3, -0.25) is 0 Å². The topological polar surface area (TPSA) is 68.2 Å². The third-order valence-corrected chi connectivity index (χ3v) is 8.35. The van der Waals surface area contributed by atoms with Crippen LogP contribution in [0.4, 0.5) is 0 Å². The molecule has 2 heterocycles. The molecule has 184 valence electrons. The summed E-state index contributed by atoms with van der Waals surface area (Å²) < 4.78 is 18.1. The number of methoxy groups -OCH3 is 1. The van der Waals surface area contributed by atoms with Gasteiger partial charge in [-0.25, -0.2) is 0 Å². The zero-order valence-corrected chi connectivity index (χ0v) is 20.6. The molecule has 2 aromatic carbocycles. The molecule has 2 N–H and O–H groups in total. The van der Waals surface area contributed by atoms with Crippen molar-refractivity contribution in [3.63, 3.8) is 0 Å². The number of benzene rings is 2. The van der Waals surface area contributed by atoms with Crippen molar-refractivity contribution in [3.05, 3.63) is 69.7 Å². The zero-order valence-electron chi connectivity index (χ0n) is 19.8. The van der Waals surface area contributed by atoms with Crippen LogP contribution in [0.2, 0.25) is 5.02 Å². The van der Waals surface area contributed by atoms with Crippen molar-refractivity contribution in [1.29, 1.82) is 0 Å². The second kappa shape index (κ2) is 9.88. The molecule has 0 radical (unpaired) electrons. The Morgan fingerprint density at radius 3 is 2.56 bits per heavy atom. The standard InChI is InChI=1S/C28H35ClO5/c1-32-28(16-24(31)14-25(17-30)34-28)23-8-9-26(29)21(13-23)12-19-4-6-20(7-5-19)22-15-27(33-18-22)10-2-3-11-27/h4-9,13,22,24-25,30-31H,2-3,10-12,14-18H2,1H3. The van der Waals surface area contributed by atoms with Crippen LogP contribution in [0.25, 0.3) is 0 Å². The predicted octanol–water partition coefficient (Wildman–Crippen LogP) is 5.08. The molecule has 2 aliphatic heterocycles. The summed E-state index contributed by atoms with van der Waals surface area (Å²) in [5.41, 5.74) is 4.44. The molecule has 4 atom stereocenters. The lowest BCUT2D eigenvalue weighted by molar-refractivity contribution is -0.298. The van der Waals surface area contributed by atoms with Crippen molar-refractivity contribution in [1.82, 2.24) is 0 Å². The Kier molecular flexibility index (Phi) is 7.04. The fourth-order valence-corrected chi connectivity index (χ4v) is 6.29. The number of aliphatic hydroxyl groups excluding tert-OH is 2. The largest absolute Gasteiger partial charge is 0.394 e. The zero-order chi connectivity index (χ0) is 23.8. The van der Waals surface area contributed by atoms with Gasteiger partial charge in [-0.15, -0.1) is 0 Å². The van der Waals surface area contributed by atoms with E-state index in [-0.39, 0.29) is 12.2 Å². The second-order valence-electron chi connectivity index (χ2n) is 10.3. The van der Waals surface area contributed by atoms with Crippen molar-refractivity contribution in [2.45, 2.75) is 80.9 Å². The molecule has 34 heavy (non-hydrogen) atoms. The van der Waals surface area contributed by atoms with Crippen LogP contribution >= 0.6 is 11.6 Å².